The molecular weight excluding hydrogens is 294 g/mol. The van der Waals surface area contributed by atoms with Crippen molar-refractivity contribution in [2.75, 3.05) is 44.6 Å². The molecule has 0 unspecified atom stereocenters. The third-order valence-electron chi connectivity index (χ3n) is 3.60. The lowest BCUT2D eigenvalue weighted by Crippen LogP contribution is -2.50. The Morgan fingerprint density at radius 2 is 1.78 bits per heavy atom. The van der Waals surface area contributed by atoms with Crippen LogP contribution in [0, 0.1) is 5.92 Å². The molecule has 1 saturated heterocycles. The van der Waals surface area contributed by atoms with Crippen LogP contribution < -0.4 is 5.32 Å². The minimum absolute atomic E-state index is 0.0352. The van der Waals surface area contributed by atoms with Crippen molar-refractivity contribution >= 4 is 17.7 Å². The lowest BCUT2D eigenvalue weighted by atomic mass is 10.2. The molecule has 0 spiro atoms. The Morgan fingerprint density at radius 1 is 1.13 bits per heavy atom. The van der Waals surface area contributed by atoms with E-state index in [0.717, 1.165) is 5.69 Å². The highest BCUT2D eigenvalue weighted by Crippen LogP contribution is 2.07. The van der Waals surface area contributed by atoms with E-state index >= 15 is 0 Å². The normalized spacial score (nSPS) is 15.5. The molecular formula is C17H25N3O3. The van der Waals surface area contributed by atoms with Gasteiger partial charge < -0.3 is 15.0 Å². The Kier molecular flexibility index (Phi) is 6.40. The highest BCUT2D eigenvalue weighted by molar-refractivity contribution is 5.92. The van der Waals surface area contributed by atoms with Gasteiger partial charge in [-0.05, 0) is 18.1 Å². The van der Waals surface area contributed by atoms with Gasteiger partial charge >= 0.3 is 6.09 Å². The molecule has 6 nitrogen and oxygen atoms in total. The summed E-state index contributed by atoms with van der Waals surface area (Å²) in [5, 5.41) is 2.87. The Bertz CT molecular complexity index is 511. The van der Waals surface area contributed by atoms with Crippen molar-refractivity contribution in [3.05, 3.63) is 30.3 Å². The molecule has 2 amide bonds. The summed E-state index contributed by atoms with van der Waals surface area (Å²) in [5.74, 6) is 0.300. The van der Waals surface area contributed by atoms with Gasteiger partial charge in [-0.15, -0.1) is 0 Å². The first-order chi connectivity index (χ1) is 11.0. The molecule has 0 aromatic heterocycles. The Hall–Kier alpha value is -2.08. The molecule has 0 radical (unpaired) electrons. The Balaban J connectivity index is 1.70. The Labute approximate surface area is 137 Å². The summed E-state index contributed by atoms with van der Waals surface area (Å²) in [5.41, 5.74) is 0.799. The smallest absolute Gasteiger partial charge is 0.409 e. The number of hydrogen-bond donors (Lipinski definition) is 1. The zero-order valence-corrected chi connectivity index (χ0v) is 13.8. The number of nitrogens with zero attached hydrogens (tertiary/aromatic N) is 2. The van der Waals surface area contributed by atoms with E-state index in [1.54, 1.807) is 4.90 Å². The fraction of sp³-hybridized carbons (Fsp3) is 0.529. The van der Waals surface area contributed by atoms with E-state index < -0.39 is 0 Å². The van der Waals surface area contributed by atoms with Gasteiger partial charge in [0.05, 0.1) is 13.2 Å². The summed E-state index contributed by atoms with van der Waals surface area (Å²) < 4.78 is 5.23. The average molecular weight is 319 g/mol. The van der Waals surface area contributed by atoms with E-state index in [1.165, 1.54) is 0 Å². The first kappa shape index (κ1) is 17.3. The number of nitrogens with one attached hydrogen (secondary N) is 1. The van der Waals surface area contributed by atoms with E-state index in [9.17, 15) is 9.59 Å². The van der Waals surface area contributed by atoms with Gasteiger partial charge in [-0.2, -0.15) is 0 Å². The molecule has 0 saturated carbocycles. The van der Waals surface area contributed by atoms with Gasteiger partial charge in [0, 0.05) is 31.9 Å². The van der Waals surface area contributed by atoms with Crippen molar-refractivity contribution < 1.29 is 14.3 Å². The maximum absolute atomic E-state index is 12.0. The fourth-order valence-electron chi connectivity index (χ4n) is 2.34. The summed E-state index contributed by atoms with van der Waals surface area (Å²) in [6.07, 6.45) is -0.257. The molecule has 0 aliphatic carbocycles. The van der Waals surface area contributed by atoms with Crippen LogP contribution in [-0.4, -0.2) is 61.1 Å². The van der Waals surface area contributed by atoms with Crippen LogP contribution in [0.5, 0.6) is 0 Å². The third-order valence-corrected chi connectivity index (χ3v) is 3.60. The van der Waals surface area contributed by atoms with Crippen molar-refractivity contribution in [3.63, 3.8) is 0 Å². The van der Waals surface area contributed by atoms with Crippen LogP contribution in [-0.2, 0) is 9.53 Å². The molecule has 6 heteroatoms. The summed E-state index contributed by atoms with van der Waals surface area (Å²) >= 11 is 0. The molecule has 1 aliphatic heterocycles. The van der Waals surface area contributed by atoms with Crippen LogP contribution >= 0.6 is 0 Å². The number of carbonyl (C=O) groups excluding carboxylic acids is 2. The molecule has 1 N–H and O–H groups in total. The second-order valence-electron chi connectivity index (χ2n) is 6.15. The number of carbonyl (C=O) groups is 2. The van der Waals surface area contributed by atoms with Crippen LogP contribution in [0.25, 0.3) is 0 Å². The molecule has 0 atom stereocenters. The topological polar surface area (TPSA) is 61.9 Å². The maximum Gasteiger partial charge on any atom is 0.409 e. The molecule has 126 valence electrons. The van der Waals surface area contributed by atoms with Crippen LogP contribution in [0.1, 0.15) is 13.8 Å². The second-order valence-corrected chi connectivity index (χ2v) is 6.15. The molecule has 2 rings (SSSR count). The largest absolute Gasteiger partial charge is 0.449 e. The zero-order chi connectivity index (χ0) is 16.7. The van der Waals surface area contributed by atoms with Crippen molar-refractivity contribution in [2.24, 2.45) is 5.92 Å². The van der Waals surface area contributed by atoms with Crippen LogP contribution in [0.3, 0.4) is 0 Å². The van der Waals surface area contributed by atoms with Gasteiger partial charge in [-0.3, -0.25) is 9.69 Å². The van der Waals surface area contributed by atoms with Crippen molar-refractivity contribution in [2.45, 2.75) is 13.8 Å². The predicted octanol–water partition coefficient (Wildman–Crippen LogP) is 2.04. The number of hydrogen-bond acceptors (Lipinski definition) is 4. The molecule has 1 aromatic rings. The van der Waals surface area contributed by atoms with Crippen molar-refractivity contribution in [3.8, 4) is 0 Å². The van der Waals surface area contributed by atoms with Gasteiger partial charge in [0.1, 0.15) is 0 Å². The standard InChI is InChI=1S/C17H25N3O3/c1-14(2)13-23-17(22)20-10-8-19(9-11-20)12-16(21)18-15-6-4-3-5-7-15/h3-7,14H,8-13H2,1-2H3,(H,18,21). The minimum Gasteiger partial charge on any atom is -0.449 e. The molecule has 1 fully saturated rings. The quantitative estimate of drug-likeness (QED) is 0.902. The second kappa shape index (κ2) is 8.53. The third kappa shape index (κ3) is 5.90. The van der Waals surface area contributed by atoms with Gasteiger partial charge in [-0.1, -0.05) is 32.0 Å². The number of anilines is 1. The number of piperazine rings is 1. The number of para-hydroxylation sites is 1. The van der Waals surface area contributed by atoms with Gasteiger partial charge in [0.25, 0.3) is 0 Å². The first-order valence-electron chi connectivity index (χ1n) is 8.03. The number of rotatable bonds is 5. The summed E-state index contributed by atoms with van der Waals surface area (Å²) in [6, 6.07) is 9.41. The highest BCUT2D eigenvalue weighted by Gasteiger charge is 2.23. The number of amides is 2. The summed E-state index contributed by atoms with van der Waals surface area (Å²) in [6.45, 7) is 7.35. The first-order valence-corrected chi connectivity index (χ1v) is 8.03. The van der Waals surface area contributed by atoms with E-state index in [1.807, 2.05) is 49.1 Å². The van der Waals surface area contributed by atoms with Gasteiger partial charge in [0.15, 0.2) is 0 Å². The van der Waals surface area contributed by atoms with E-state index in [2.05, 4.69) is 5.32 Å². The Morgan fingerprint density at radius 3 is 2.39 bits per heavy atom. The fourth-order valence-corrected chi connectivity index (χ4v) is 2.34. The molecule has 0 bridgehead atoms. The van der Waals surface area contributed by atoms with Crippen LogP contribution in [0.2, 0.25) is 0 Å². The average Bonchev–Trinajstić information content (AvgIpc) is 2.54. The lowest BCUT2D eigenvalue weighted by Gasteiger charge is -2.33. The van der Waals surface area contributed by atoms with Crippen LogP contribution in [0.4, 0.5) is 10.5 Å². The highest BCUT2D eigenvalue weighted by atomic mass is 16.6. The van der Waals surface area contributed by atoms with Crippen LogP contribution in [0.15, 0.2) is 30.3 Å². The predicted molar refractivity (Wildman–Crippen MR) is 89.3 cm³/mol. The summed E-state index contributed by atoms with van der Waals surface area (Å²) in [7, 11) is 0. The number of ether oxygens (including phenoxy) is 1. The van der Waals surface area contributed by atoms with E-state index in [-0.39, 0.29) is 12.0 Å². The molecule has 1 aromatic carbocycles. The molecule has 23 heavy (non-hydrogen) atoms. The van der Waals surface area contributed by atoms with Crippen molar-refractivity contribution in [1.82, 2.24) is 9.80 Å². The zero-order valence-electron chi connectivity index (χ0n) is 13.8. The van der Waals surface area contributed by atoms with Gasteiger partial charge in [-0.25, -0.2) is 4.79 Å². The number of benzene rings is 1. The van der Waals surface area contributed by atoms with E-state index in [4.69, 9.17) is 4.74 Å². The van der Waals surface area contributed by atoms with E-state index in [0.29, 0.717) is 45.2 Å². The molecule has 1 aliphatic rings. The van der Waals surface area contributed by atoms with Crippen molar-refractivity contribution in [1.29, 1.82) is 0 Å². The van der Waals surface area contributed by atoms with Gasteiger partial charge in [0.2, 0.25) is 5.91 Å². The minimum atomic E-state index is -0.257. The maximum atomic E-state index is 12.0. The summed E-state index contributed by atoms with van der Waals surface area (Å²) in [4.78, 5) is 27.6. The lowest BCUT2D eigenvalue weighted by molar-refractivity contribution is -0.117. The SMILES string of the molecule is CC(C)COC(=O)N1CCN(CC(=O)Nc2ccccc2)CC1. The molecule has 1 heterocycles. The monoisotopic (exact) mass is 319 g/mol.